The molecular weight excluding hydrogens is 433 g/mol. The van der Waals surface area contributed by atoms with Crippen LogP contribution >= 0.6 is 11.3 Å². The molecule has 2 heterocycles. The molecule has 0 bridgehead atoms. The van der Waals surface area contributed by atoms with E-state index in [4.69, 9.17) is 9.47 Å². The van der Waals surface area contributed by atoms with Gasteiger partial charge in [-0.3, -0.25) is 9.59 Å². The third-order valence-corrected chi connectivity index (χ3v) is 5.54. The van der Waals surface area contributed by atoms with Crippen molar-refractivity contribution in [2.45, 2.75) is 6.42 Å². The monoisotopic (exact) mass is 451 g/mol. The van der Waals surface area contributed by atoms with Crippen LogP contribution in [0.15, 0.2) is 64.7 Å². The fraction of sp³-hybridized carbons (Fsp3) is 0.130. The first-order chi connectivity index (χ1) is 15.5. The molecule has 32 heavy (non-hydrogen) atoms. The second kappa shape index (κ2) is 9.11. The molecule has 0 N–H and O–H groups in total. The van der Waals surface area contributed by atoms with Gasteiger partial charge in [0.2, 0.25) is 4.96 Å². The van der Waals surface area contributed by atoms with E-state index in [1.54, 1.807) is 42.5 Å². The highest BCUT2D eigenvalue weighted by atomic mass is 32.1. The molecule has 2 aromatic carbocycles. The molecule has 2 aromatic heterocycles. The van der Waals surface area contributed by atoms with Crippen molar-refractivity contribution < 1.29 is 13.9 Å². The summed E-state index contributed by atoms with van der Waals surface area (Å²) < 4.78 is 25.5. The Morgan fingerprint density at radius 1 is 1.16 bits per heavy atom. The maximum atomic E-state index is 13.1. The van der Waals surface area contributed by atoms with E-state index in [1.807, 2.05) is 0 Å². The Morgan fingerprint density at radius 2 is 1.94 bits per heavy atom. The van der Waals surface area contributed by atoms with E-state index in [-0.39, 0.29) is 28.5 Å². The third-order valence-electron chi connectivity index (χ3n) is 4.58. The van der Waals surface area contributed by atoms with Crippen molar-refractivity contribution in [3.8, 4) is 11.5 Å². The molecule has 9 heteroatoms. The van der Waals surface area contributed by atoms with Gasteiger partial charge in [-0.05, 0) is 41.5 Å². The molecule has 0 unspecified atom stereocenters. The second-order valence-electron chi connectivity index (χ2n) is 6.79. The van der Waals surface area contributed by atoms with Crippen LogP contribution in [0, 0.1) is 5.82 Å². The molecule has 0 radical (unpaired) electrons. The molecule has 4 aromatic rings. The maximum Gasteiger partial charge on any atom is 0.296 e. The smallest absolute Gasteiger partial charge is 0.296 e. The van der Waals surface area contributed by atoms with Crippen LogP contribution in [-0.2, 0) is 6.42 Å². The molecule has 0 saturated carbocycles. The summed E-state index contributed by atoms with van der Waals surface area (Å²) in [5.74, 6) is 0.702. The zero-order valence-electron chi connectivity index (χ0n) is 17.1. The van der Waals surface area contributed by atoms with Crippen LogP contribution in [0.25, 0.3) is 11.0 Å². The minimum Gasteiger partial charge on any atom is -0.493 e. The van der Waals surface area contributed by atoms with Gasteiger partial charge < -0.3 is 9.47 Å². The summed E-state index contributed by atoms with van der Waals surface area (Å²) in [6.45, 7) is 3.96. The first-order valence-corrected chi connectivity index (χ1v) is 10.4. The quantitative estimate of drug-likeness (QED) is 0.401. The number of hydrogen-bond donors (Lipinski definition) is 0. The number of rotatable bonds is 7. The van der Waals surface area contributed by atoms with Crippen molar-refractivity contribution in [1.82, 2.24) is 14.6 Å². The van der Waals surface area contributed by atoms with Gasteiger partial charge in [0.25, 0.3) is 11.1 Å². The Labute approximate surface area is 185 Å². The summed E-state index contributed by atoms with van der Waals surface area (Å²) in [6, 6.07) is 11.0. The zero-order valence-corrected chi connectivity index (χ0v) is 17.9. The lowest BCUT2D eigenvalue weighted by molar-refractivity contribution is 0.326. The van der Waals surface area contributed by atoms with Gasteiger partial charge in [-0.25, -0.2) is 4.39 Å². The molecule has 7 nitrogen and oxygen atoms in total. The van der Waals surface area contributed by atoms with Crippen molar-refractivity contribution in [3.05, 3.63) is 103 Å². The van der Waals surface area contributed by atoms with E-state index >= 15 is 0 Å². The molecule has 0 amide bonds. The van der Waals surface area contributed by atoms with E-state index in [0.29, 0.717) is 33.8 Å². The van der Waals surface area contributed by atoms with Crippen molar-refractivity contribution in [2.24, 2.45) is 0 Å². The molecule has 0 aliphatic rings. The van der Waals surface area contributed by atoms with E-state index < -0.39 is 5.56 Å². The Bertz CT molecular complexity index is 1460. The van der Waals surface area contributed by atoms with Crippen LogP contribution in [0.1, 0.15) is 16.8 Å². The number of nitrogens with zero attached hydrogens (tertiary/aromatic N) is 3. The maximum absolute atomic E-state index is 13.1. The number of ether oxygens (including phenoxy) is 2. The van der Waals surface area contributed by atoms with Gasteiger partial charge >= 0.3 is 0 Å². The highest BCUT2D eigenvalue weighted by Crippen LogP contribution is 2.28. The van der Waals surface area contributed by atoms with Crippen molar-refractivity contribution >= 4 is 22.4 Å². The van der Waals surface area contributed by atoms with Crippen LogP contribution in [-0.4, -0.2) is 28.3 Å². The van der Waals surface area contributed by atoms with Gasteiger partial charge in [0.15, 0.2) is 11.5 Å². The number of fused-ring (bicyclic) bond motifs is 1. The number of methoxy groups -OCH3 is 1. The summed E-state index contributed by atoms with van der Waals surface area (Å²) in [6.07, 6.45) is 3.45. The van der Waals surface area contributed by atoms with E-state index in [2.05, 4.69) is 16.7 Å². The van der Waals surface area contributed by atoms with Crippen LogP contribution in [0.2, 0.25) is 0 Å². The summed E-state index contributed by atoms with van der Waals surface area (Å²) in [4.78, 5) is 29.5. The molecule has 0 fully saturated rings. The minimum atomic E-state index is -0.521. The lowest BCUT2D eigenvalue weighted by atomic mass is 10.1. The number of benzene rings is 2. The van der Waals surface area contributed by atoms with E-state index in [0.717, 1.165) is 15.9 Å². The average Bonchev–Trinajstić information content (AvgIpc) is 3.08. The predicted octanol–water partition coefficient (Wildman–Crippen LogP) is 2.36. The summed E-state index contributed by atoms with van der Waals surface area (Å²) >= 11 is 1.07. The lowest BCUT2D eigenvalue weighted by Gasteiger charge is -2.09. The number of halogens is 1. The topological polar surface area (TPSA) is 82.8 Å². The second-order valence-corrected chi connectivity index (χ2v) is 7.80. The molecule has 0 aliphatic carbocycles. The van der Waals surface area contributed by atoms with Gasteiger partial charge in [-0.15, -0.1) is 0 Å². The van der Waals surface area contributed by atoms with Crippen molar-refractivity contribution in [3.63, 3.8) is 0 Å². The number of hydrogen-bond acceptors (Lipinski definition) is 7. The van der Waals surface area contributed by atoms with Crippen molar-refractivity contribution in [2.75, 3.05) is 13.7 Å². The van der Waals surface area contributed by atoms with E-state index in [9.17, 15) is 14.0 Å². The van der Waals surface area contributed by atoms with Gasteiger partial charge in [-0.1, -0.05) is 42.2 Å². The van der Waals surface area contributed by atoms with Crippen LogP contribution in [0.4, 0.5) is 4.39 Å². The fourth-order valence-corrected chi connectivity index (χ4v) is 3.95. The third kappa shape index (κ3) is 4.42. The molecule has 162 valence electrons. The van der Waals surface area contributed by atoms with Crippen LogP contribution in [0.5, 0.6) is 11.5 Å². The van der Waals surface area contributed by atoms with Crippen molar-refractivity contribution in [1.29, 1.82) is 0 Å². The normalized spacial score (nSPS) is 11.6. The number of aromatic nitrogens is 3. The van der Waals surface area contributed by atoms with Gasteiger partial charge in [0.05, 0.1) is 11.6 Å². The minimum absolute atomic E-state index is 0.112. The molecule has 0 atom stereocenters. The fourth-order valence-electron chi connectivity index (χ4n) is 3.04. The van der Waals surface area contributed by atoms with E-state index in [1.165, 1.54) is 19.2 Å². The summed E-state index contributed by atoms with van der Waals surface area (Å²) in [7, 11) is 1.53. The standard InChI is InChI=1S/C23H18FN3O4S/c1-3-10-31-18-9-6-15(12-19(18)30-2)13-20-22(29)27-23(32-20)25-21(28)17(26-27)11-14-4-7-16(24)8-5-14/h3-9,12-13H,1,10-11H2,2H3/b20-13-. The Morgan fingerprint density at radius 3 is 2.66 bits per heavy atom. The first kappa shape index (κ1) is 21.4. The van der Waals surface area contributed by atoms with Crippen LogP contribution < -0.4 is 25.1 Å². The molecule has 0 spiro atoms. The first-order valence-electron chi connectivity index (χ1n) is 9.59. The largest absolute Gasteiger partial charge is 0.493 e. The predicted molar refractivity (Wildman–Crippen MR) is 120 cm³/mol. The van der Waals surface area contributed by atoms with Gasteiger partial charge in [0.1, 0.15) is 18.1 Å². The van der Waals surface area contributed by atoms with Gasteiger partial charge in [0, 0.05) is 6.42 Å². The Hall–Kier alpha value is -3.85. The molecular formula is C23H18FN3O4S. The Kier molecular flexibility index (Phi) is 6.09. The van der Waals surface area contributed by atoms with Crippen LogP contribution in [0.3, 0.4) is 0 Å². The lowest BCUT2D eigenvalue weighted by Crippen LogP contribution is -2.28. The highest BCUT2D eigenvalue weighted by Gasteiger charge is 2.12. The summed E-state index contributed by atoms with van der Waals surface area (Å²) in [5, 5.41) is 4.21. The van der Waals surface area contributed by atoms with Gasteiger partial charge in [-0.2, -0.15) is 14.6 Å². The molecule has 0 saturated heterocycles. The summed E-state index contributed by atoms with van der Waals surface area (Å²) in [5.41, 5.74) is 0.612. The SMILES string of the molecule is C=CCOc1ccc(/C=c2\sc3nc(=O)c(Cc4ccc(F)cc4)nn3c2=O)cc1OC. The average molecular weight is 451 g/mol. The molecule has 4 rings (SSSR count). The Balaban J connectivity index is 1.73. The zero-order chi connectivity index (χ0) is 22.7. The highest BCUT2D eigenvalue weighted by molar-refractivity contribution is 7.15. The number of thiazole rings is 1. The molecule has 0 aliphatic heterocycles.